The summed E-state index contributed by atoms with van der Waals surface area (Å²) in [6.07, 6.45) is 0. The molecule has 96 valence electrons. The second-order valence-corrected chi connectivity index (χ2v) is 3.83. The van der Waals surface area contributed by atoms with Gasteiger partial charge in [0, 0.05) is 14.4 Å². The van der Waals surface area contributed by atoms with Crippen molar-refractivity contribution in [1.29, 1.82) is 0 Å². The van der Waals surface area contributed by atoms with Gasteiger partial charge in [-0.05, 0) is 11.6 Å². The summed E-state index contributed by atoms with van der Waals surface area (Å²) in [5.74, 6) is -0.351. The van der Waals surface area contributed by atoms with Gasteiger partial charge in [-0.2, -0.15) is 0 Å². The molecule has 0 fully saturated rings. The molecule has 18 heavy (non-hydrogen) atoms. The van der Waals surface area contributed by atoms with Crippen LogP contribution in [0.3, 0.4) is 0 Å². The SMILES string of the molecule is OB(O)c1ccc(OCc2ccccc2)cc1F.[HH].[HH]. The van der Waals surface area contributed by atoms with Crippen LogP contribution in [0.15, 0.2) is 48.5 Å². The fraction of sp³-hybridized carbons (Fsp3) is 0.0769. The van der Waals surface area contributed by atoms with E-state index in [-0.39, 0.29) is 8.32 Å². The van der Waals surface area contributed by atoms with E-state index in [1.54, 1.807) is 0 Å². The molecule has 0 heterocycles. The van der Waals surface area contributed by atoms with Crippen molar-refractivity contribution in [2.24, 2.45) is 0 Å². The molecule has 0 radical (unpaired) electrons. The highest BCUT2D eigenvalue weighted by atomic mass is 19.1. The molecule has 3 nitrogen and oxygen atoms in total. The van der Waals surface area contributed by atoms with Crippen LogP contribution >= 0.6 is 0 Å². The van der Waals surface area contributed by atoms with Crippen LogP contribution in [0.4, 0.5) is 4.39 Å². The van der Waals surface area contributed by atoms with Crippen LogP contribution < -0.4 is 10.2 Å². The van der Waals surface area contributed by atoms with Crippen molar-refractivity contribution in [2.45, 2.75) is 6.61 Å². The molecule has 0 bridgehead atoms. The molecule has 2 aromatic rings. The Morgan fingerprint density at radius 1 is 1.11 bits per heavy atom. The van der Waals surface area contributed by atoms with Gasteiger partial charge in [-0.15, -0.1) is 0 Å². The van der Waals surface area contributed by atoms with E-state index >= 15 is 0 Å². The quantitative estimate of drug-likeness (QED) is 0.810. The van der Waals surface area contributed by atoms with Crippen molar-refractivity contribution in [3.63, 3.8) is 0 Å². The third-order valence-corrected chi connectivity index (χ3v) is 2.50. The van der Waals surface area contributed by atoms with Gasteiger partial charge in [0.25, 0.3) is 0 Å². The molecule has 0 aromatic heterocycles. The lowest BCUT2D eigenvalue weighted by atomic mass is 9.80. The molecular weight excluding hydrogens is 234 g/mol. The normalized spacial score (nSPS) is 10.2. The molecule has 0 amide bonds. The van der Waals surface area contributed by atoms with E-state index in [1.807, 2.05) is 30.3 Å². The maximum absolute atomic E-state index is 13.4. The third-order valence-electron chi connectivity index (χ3n) is 2.50. The van der Waals surface area contributed by atoms with E-state index in [2.05, 4.69) is 0 Å². The van der Waals surface area contributed by atoms with Gasteiger partial charge in [0.1, 0.15) is 18.2 Å². The monoisotopic (exact) mass is 250 g/mol. The van der Waals surface area contributed by atoms with Crippen LogP contribution in [0.2, 0.25) is 0 Å². The van der Waals surface area contributed by atoms with E-state index in [9.17, 15) is 4.39 Å². The van der Waals surface area contributed by atoms with Crippen molar-refractivity contribution in [1.82, 2.24) is 0 Å². The molecule has 0 saturated carbocycles. The Bertz CT molecular complexity index is 526. The number of halogens is 1. The maximum atomic E-state index is 13.4. The van der Waals surface area contributed by atoms with Crippen molar-refractivity contribution in [3.8, 4) is 5.75 Å². The average molecular weight is 250 g/mol. The second kappa shape index (κ2) is 5.66. The molecule has 0 atom stereocenters. The summed E-state index contributed by atoms with van der Waals surface area (Å²) in [4.78, 5) is 0. The highest BCUT2D eigenvalue weighted by Gasteiger charge is 2.16. The third kappa shape index (κ3) is 3.09. The Morgan fingerprint density at radius 3 is 2.44 bits per heavy atom. The smallest absolute Gasteiger partial charge is 0.489 e. The summed E-state index contributed by atoms with van der Waals surface area (Å²) in [6.45, 7) is 0.335. The minimum atomic E-state index is -1.81. The zero-order chi connectivity index (χ0) is 13.0. The summed E-state index contributed by atoms with van der Waals surface area (Å²) in [7, 11) is -1.81. The highest BCUT2D eigenvalue weighted by molar-refractivity contribution is 6.58. The molecule has 2 rings (SSSR count). The first kappa shape index (κ1) is 12.6. The lowest BCUT2D eigenvalue weighted by molar-refractivity contribution is 0.304. The number of rotatable bonds is 4. The molecule has 0 spiro atoms. The van der Waals surface area contributed by atoms with Crippen LogP contribution in [0.25, 0.3) is 0 Å². The first-order valence-corrected chi connectivity index (χ1v) is 5.49. The summed E-state index contributed by atoms with van der Waals surface area (Å²) >= 11 is 0. The zero-order valence-electron chi connectivity index (χ0n) is 9.58. The molecule has 5 heteroatoms. The van der Waals surface area contributed by atoms with Crippen LogP contribution in [0.5, 0.6) is 5.75 Å². The summed E-state index contributed by atoms with van der Waals surface area (Å²) in [6, 6.07) is 13.4. The number of benzene rings is 2. The minimum absolute atomic E-state index is 0. The molecule has 0 aliphatic rings. The molecule has 2 N–H and O–H groups in total. The Balaban J connectivity index is 0.00000180. The van der Waals surface area contributed by atoms with Crippen molar-refractivity contribution in [3.05, 3.63) is 59.9 Å². The zero-order valence-corrected chi connectivity index (χ0v) is 9.58. The molecule has 0 aliphatic carbocycles. The summed E-state index contributed by atoms with van der Waals surface area (Å²) in [5.41, 5.74) is 0.811. The Hall–Kier alpha value is -1.85. The minimum Gasteiger partial charge on any atom is -0.489 e. The number of hydrogen-bond donors (Lipinski definition) is 2. The molecule has 0 aliphatic heterocycles. The van der Waals surface area contributed by atoms with E-state index in [1.165, 1.54) is 12.1 Å². The number of ether oxygens (including phenoxy) is 1. The van der Waals surface area contributed by atoms with Gasteiger partial charge in [0.15, 0.2) is 0 Å². The van der Waals surface area contributed by atoms with E-state index < -0.39 is 12.9 Å². The van der Waals surface area contributed by atoms with Crippen LogP contribution in [-0.2, 0) is 6.61 Å². The Morgan fingerprint density at radius 2 is 1.83 bits per heavy atom. The van der Waals surface area contributed by atoms with Crippen molar-refractivity contribution in [2.75, 3.05) is 0 Å². The molecular formula is C13H16BFO3. The van der Waals surface area contributed by atoms with Gasteiger partial charge in [0.05, 0.1) is 0 Å². The Labute approximate surface area is 108 Å². The van der Waals surface area contributed by atoms with Crippen molar-refractivity contribution >= 4 is 12.6 Å². The summed E-state index contributed by atoms with van der Waals surface area (Å²) in [5, 5.41) is 17.8. The van der Waals surface area contributed by atoms with Gasteiger partial charge >= 0.3 is 7.12 Å². The first-order chi connectivity index (χ1) is 8.66. The van der Waals surface area contributed by atoms with Gasteiger partial charge < -0.3 is 14.8 Å². The fourth-order valence-electron chi connectivity index (χ4n) is 1.55. The van der Waals surface area contributed by atoms with Gasteiger partial charge in [-0.3, -0.25) is 0 Å². The molecule has 2 aromatic carbocycles. The Kier molecular flexibility index (Phi) is 3.97. The van der Waals surface area contributed by atoms with E-state index in [0.717, 1.165) is 11.6 Å². The predicted octanol–water partition coefficient (Wildman–Crippen LogP) is 1.58. The second-order valence-electron chi connectivity index (χ2n) is 3.83. The van der Waals surface area contributed by atoms with Gasteiger partial charge in [-0.25, -0.2) is 4.39 Å². The average Bonchev–Trinajstić information content (AvgIpc) is 2.37. The fourth-order valence-corrected chi connectivity index (χ4v) is 1.55. The van der Waals surface area contributed by atoms with E-state index in [4.69, 9.17) is 14.8 Å². The van der Waals surface area contributed by atoms with Crippen LogP contribution in [-0.4, -0.2) is 17.2 Å². The van der Waals surface area contributed by atoms with Crippen LogP contribution in [0, 0.1) is 5.82 Å². The molecule has 0 unspecified atom stereocenters. The maximum Gasteiger partial charge on any atom is 0.491 e. The largest absolute Gasteiger partial charge is 0.491 e. The molecule has 0 saturated heterocycles. The van der Waals surface area contributed by atoms with Crippen LogP contribution in [0.1, 0.15) is 8.42 Å². The first-order valence-electron chi connectivity index (χ1n) is 5.49. The van der Waals surface area contributed by atoms with Gasteiger partial charge in [0.2, 0.25) is 0 Å². The lowest BCUT2D eigenvalue weighted by Crippen LogP contribution is -2.32. The highest BCUT2D eigenvalue weighted by Crippen LogP contribution is 2.13. The number of hydrogen-bond acceptors (Lipinski definition) is 3. The lowest BCUT2D eigenvalue weighted by Gasteiger charge is -2.08. The standard InChI is InChI=1S/C13H12BFO3.2H2/c15-13-8-11(6-7-12(13)14(16)17)18-9-10-4-2-1-3-5-10;;/h1-8,16-17H,9H2;2*1H. The predicted molar refractivity (Wildman–Crippen MR) is 71.2 cm³/mol. The topological polar surface area (TPSA) is 49.7 Å². The summed E-state index contributed by atoms with van der Waals surface area (Å²) < 4.78 is 18.8. The van der Waals surface area contributed by atoms with Gasteiger partial charge in [-0.1, -0.05) is 36.4 Å². The van der Waals surface area contributed by atoms with Crippen molar-refractivity contribution < 1.29 is 22.0 Å². The van der Waals surface area contributed by atoms with E-state index in [0.29, 0.717) is 12.4 Å².